The summed E-state index contributed by atoms with van der Waals surface area (Å²) in [5.41, 5.74) is 1.12. The molecule has 100 valence electrons. The molecule has 1 aromatic rings. The second-order valence-corrected chi connectivity index (χ2v) is 4.93. The summed E-state index contributed by atoms with van der Waals surface area (Å²) in [5.74, 6) is 0.753. The van der Waals surface area contributed by atoms with E-state index >= 15 is 0 Å². The largest absolute Gasteiger partial charge is 0.381 e. The Balaban J connectivity index is 1.95. The zero-order valence-corrected chi connectivity index (χ0v) is 11.1. The zero-order valence-electron chi connectivity index (χ0n) is 11.1. The predicted molar refractivity (Wildman–Crippen MR) is 71.2 cm³/mol. The molecule has 0 aromatic carbocycles. The van der Waals surface area contributed by atoms with Crippen molar-refractivity contribution in [1.82, 2.24) is 15.3 Å². The second kappa shape index (κ2) is 7.44. The van der Waals surface area contributed by atoms with Crippen LogP contribution in [0.2, 0.25) is 0 Å². The number of nitrogens with one attached hydrogen (secondary N) is 1. The summed E-state index contributed by atoms with van der Waals surface area (Å²) >= 11 is 0. The lowest BCUT2D eigenvalue weighted by molar-refractivity contribution is 0.0603. The van der Waals surface area contributed by atoms with Crippen LogP contribution in [0.5, 0.6) is 0 Å². The highest BCUT2D eigenvalue weighted by Crippen LogP contribution is 2.26. The van der Waals surface area contributed by atoms with E-state index in [1.54, 1.807) is 6.33 Å². The normalized spacial score (nSPS) is 18.7. The lowest BCUT2D eigenvalue weighted by Gasteiger charge is -2.27. The van der Waals surface area contributed by atoms with Gasteiger partial charge in [0.1, 0.15) is 6.33 Å². The van der Waals surface area contributed by atoms with Gasteiger partial charge in [-0.2, -0.15) is 0 Å². The van der Waals surface area contributed by atoms with Crippen molar-refractivity contribution in [2.45, 2.75) is 38.6 Å². The third-order valence-corrected chi connectivity index (χ3v) is 3.51. The van der Waals surface area contributed by atoms with Gasteiger partial charge in [0, 0.05) is 25.5 Å². The van der Waals surface area contributed by atoms with Crippen LogP contribution >= 0.6 is 0 Å². The van der Waals surface area contributed by atoms with Gasteiger partial charge in [-0.15, -0.1) is 0 Å². The van der Waals surface area contributed by atoms with Gasteiger partial charge in [-0.25, -0.2) is 9.97 Å². The molecule has 1 aliphatic heterocycles. The summed E-state index contributed by atoms with van der Waals surface area (Å²) < 4.78 is 5.42. The van der Waals surface area contributed by atoms with Gasteiger partial charge in [-0.3, -0.25) is 0 Å². The highest BCUT2D eigenvalue weighted by atomic mass is 16.5. The molecule has 0 amide bonds. The van der Waals surface area contributed by atoms with Gasteiger partial charge >= 0.3 is 0 Å². The van der Waals surface area contributed by atoms with Crippen molar-refractivity contribution in [2.75, 3.05) is 19.8 Å². The molecular formula is C14H23N3O. The first-order chi connectivity index (χ1) is 8.90. The molecular weight excluding hydrogens is 226 g/mol. The summed E-state index contributed by atoms with van der Waals surface area (Å²) in [6.45, 7) is 5.06. The van der Waals surface area contributed by atoms with E-state index in [0.29, 0.717) is 6.04 Å². The van der Waals surface area contributed by atoms with Gasteiger partial charge in [0.25, 0.3) is 0 Å². The SMILES string of the molecule is CCCNC(CC1CCOCC1)c1ccncn1. The van der Waals surface area contributed by atoms with Gasteiger partial charge in [-0.05, 0) is 44.2 Å². The fourth-order valence-electron chi connectivity index (χ4n) is 2.45. The first kappa shape index (κ1) is 13.4. The number of nitrogens with zero attached hydrogens (tertiary/aromatic N) is 2. The summed E-state index contributed by atoms with van der Waals surface area (Å²) in [5, 5.41) is 3.60. The van der Waals surface area contributed by atoms with Crippen LogP contribution in [0.1, 0.15) is 44.3 Å². The van der Waals surface area contributed by atoms with Crippen LogP contribution in [0.4, 0.5) is 0 Å². The van der Waals surface area contributed by atoms with E-state index in [-0.39, 0.29) is 0 Å². The maximum absolute atomic E-state index is 5.42. The van der Waals surface area contributed by atoms with Gasteiger partial charge < -0.3 is 10.1 Å². The fraction of sp³-hybridized carbons (Fsp3) is 0.714. The number of aromatic nitrogens is 2. The van der Waals surface area contributed by atoms with E-state index in [1.165, 1.54) is 12.8 Å². The topological polar surface area (TPSA) is 47.0 Å². The van der Waals surface area contributed by atoms with Crippen LogP contribution in [0.25, 0.3) is 0 Å². The fourth-order valence-corrected chi connectivity index (χ4v) is 2.45. The van der Waals surface area contributed by atoms with Crippen LogP contribution in [0.3, 0.4) is 0 Å². The first-order valence-corrected chi connectivity index (χ1v) is 6.97. The Morgan fingerprint density at radius 2 is 2.28 bits per heavy atom. The number of rotatable bonds is 6. The van der Waals surface area contributed by atoms with Crippen molar-refractivity contribution in [1.29, 1.82) is 0 Å². The molecule has 0 spiro atoms. The van der Waals surface area contributed by atoms with Crippen molar-refractivity contribution in [2.24, 2.45) is 5.92 Å². The predicted octanol–water partition coefficient (Wildman–Crippen LogP) is 2.33. The standard InChI is InChI=1S/C14H23N3O/c1-2-6-16-14(13-3-7-15-11-17-13)10-12-4-8-18-9-5-12/h3,7,11-12,14,16H,2,4-6,8-10H2,1H3. The van der Waals surface area contributed by atoms with Gasteiger partial charge in [-0.1, -0.05) is 6.92 Å². The Hall–Kier alpha value is -1.00. The Kier molecular flexibility index (Phi) is 5.55. The molecule has 1 aliphatic rings. The molecule has 0 radical (unpaired) electrons. The number of hydrogen-bond acceptors (Lipinski definition) is 4. The molecule has 0 aliphatic carbocycles. The maximum Gasteiger partial charge on any atom is 0.115 e. The van der Waals surface area contributed by atoms with Crippen molar-refractivity contribution in [3.63, 3.8) is 0 Å². The highest BCUT2D eigenvalue weighted by Gasteiger charge is 2.20. The Bertz CT molecular complexity index is 325. The van der Waals surface area contributed by atoms with E-state index in [1.807, 2.05) is 12.3 Å². The quantitative estimate of drug-likeness (QED) is 0.840. The average Bonchev–Trinajstić information content (AvgIpc) is 2.45. The lowest BCUT2D eigenvalue weighted by atomic mass is 9.91. The molecule has 1 aromatic heterocycles. The van der Waals surface area contributed by atoms with Crippen molar-refractivity contribution in [3.8, 4) is 0 Å². The molecule has 1 atom stereocenters. The van der Waals surface area contributed by atoms with E-state index in [9.17, 15) is 0 Å². The van der Waals surface area contributed by atoms with E-state index in [2.05, 4.69) is 22.2 Å². The minimum atomic E-state index is 0.357. The average molecular weight is 249 g/mol. The van der Waals surface area contributed by atoms with Crippen LogP contribution in [-0.2, 0) is 4.74 Å². The molecule has 18 heavy (non-hydrogen) atoms. The molecule has 4 heteroatoms. The lowest BCUT2D eigenvalue weighted by Crippen LogP contribution is -2.27. The number of ether oxygens (including phenoxy) is 1. The van der Waals surface area contributed by atoms with Crippen LogP contribution in [0, 0.1) is 5.92 Å². The van der Waals surface area contributed by atoms with E-state index in [4.69, 9.17) is 4.74 Å². The Morgan fingerprint density at radius 3 is 2.94 bits per heavy atom. The third-order valence-electron chi connectivity index (χ3n) is 3.51. The van der Waals surface area contributed by atoms with Crippen molar-refractivity contribution < 1.29 is 4.74 Å². The third kappa shape index (κ3) is 4.03. The first-order valence-electron chi connectivity index (χ1n) is 6.97. The summed E-state index contributed by atoms with van der Waals surface area (Å²) in [6, 6.07) is 2.38. The van der Waals surface area contributed by atoms with Gasteiger partial charge in [0.05, 0.1) is 5.69 Å². The zero-order chi connectivity index (χ0) is 12.6. The van der Waals surface area contributed by atoms with E-state index < -0.39 is 0 Å². The summed E-state index contributed by atoms with van der Waals surface area (Å²) in [6.07, 6.45) is 8.12. The highest BCUT2D eigenvalue weighted by molar-refractivity contribution is 5.05. The molecule has 0 bridgehead atoms. The minimum absolute atomic E-state index is 0.357. The Morgan fingerprint density at radius 1 is 1.44 bits per heavy atom. The molecule has 1 N–H and O–H groups in total. The van der Waals surface area contributed by atoms with Crippen molar-refractivity contribution in [3.05, 3.63) is 24.3 Å². The minimum Gasteiger partial charge on any atom is -0.381 e. The van der Waals surface area contributed by atoms with E-state index in [0.717, 1.165) is 44.2 Å². The molecule has 1 saturated heterocycles. The second-order valence-electron chi connectivity index (χ2n) is 4.93. The van der Waals surface area contributed by atoms with Gasteiger partial charge in [0.2, 0.25) is 0 Å². The van der Waals surface area contributed by atoms with Gasteiger partial charge in [0.15, 0.2) is 0 Å². The van der Waals surface area contributed by atoms with Crippen LogP contribution in [-0.4, -0.2) is 29.7 Å². The summed E-state index contributed by atoms with van der Waals surface area (Å²) in [4.78, 5) is 8.39. The smallest absolute Gasteiger partial charge is 0.115 e. The Labute approximate surface area is 109 Å². The molecule has 4 nitrogen and oxygen atoms in total. The molecule has 1 unspecified atom stereocenters. The van der Waals surface area contributed by atoms with Crippen molar-refractivity contribution >= 4 is 0 Å². The monoisotopic (exact) mass is 249 g/mol. The van der Waals surface area contributed by atoms with Crippen LogP contribution in [0.15, 0.2) is 18.6 Å². The molecule has 2 rings (SSSR count). The molecule has 1 fully saturated rings. The molecule has 0 saturated carbocycles. The number of hydrogen-bond donors (Lipinski definition) is 1. The molecule has 2 heterocycles. The maximum atomic E-state index is 5.42. The summed E-state index contributed by atoms with van der Waals surface area (Å²) in [7, 11) is 0. The van der Waals surface area contributed by atoms with Crippen LogP contribution < -0.4 is 5.32 Å².